The van der Waals surface area contributed by atoms with E-state index >= 15 is 0 Å². The van der Waals surface area contributed by atoms with Crippen molar-refractivity contribution in [3.05, 3.63) is 60.2 Å². The number of anilines is 1. The summed E-state index contributed by atoms with van der Waals surface area (Å²) in [4.78, 5) is 15.5. The molecule has 0 saturated heterocycles. The topological polar surface area (TPSA) is 42.0 Å². The minimum Gasteiger partial charge on any atom is -0.326 e. The fourth-order valence-electron chi connectivity index (χ4n) is 1.47. The van der Waals surface area contributed by atoms with Gasteiger partial charge in [0.05, 0.1) is 6.42 Å². The van der Waals surface area contributed by atoms with Crippen LogP contribution >= 0.6 is 0 Å². The van der Waals surface area contributed by atoms with Gasteiger partial charge in [0, 0.05) is 18.1 Å². The van der Waals surface area contributed by atoms with Crippen molar-refractivity contribution in [1.82, 2.24) is 4.98 Å². The van der Waals surface area contributed by atoms with Gasteiger partial charge in [0.2, 0.25) is 5.91 Å². The quantitative estimate of drug-likeness (QED) is 0.879. The van der Waals surface area contributed by atoms with Gasteiger partial charge in [-0.1, -0.05) is 12.1 Å². The first kappa shape index (κ1) is 11.3. The number of aromatic nitrogens is 1. The zero-order chi connectivity index (χ0) is 12.1. The summed E-state index contributed by atoms with van der Waals surface area (Å²) in [6, 6.07) is 9.41. The standard InChI is InChI=1S/C13H11FN2O/c14-11-3-1-2-10(8-11)9-13(17)16-12-4-6-15-7-5-12/h1-8H,9H2,(H,15,16,17). The van der Waals surface area contributed by atoms with Crippen LogP contribution in [0.1, 0.15) is 5.56 Å². The number of hydrogen-bond donors (Lipinski definition) is 1. The fraction of sp³-hybridized carbons (Fsp3) is 0.0769. The number of nitrogens with zero attached hydrogens (tertiary/aromatic N) is 1. The van der Waals surface area contributed by atoms with Gasteiger partial charge < -0.3 is 5.32 Å². The smallest absolute Gasteiger partial charge is 0.228 e. The van der Waals surface area contributed by atoms with Crippen LogP contribution in [0.15, 0.2) is 48.8 Å². The number of hydrogen-bond acceptors (Lipinski definition) is 2. The first-order valence-electron chi connectivity index (χ1n) is 5.18. The van der Waals surface area contributed by atoms with Gasteiger partial charge in [0.1, 0.15) is 5.82 Å². The molecule has 1 aromatic heterocycles. The molecule has 0 aliphatic carbocycles. The first-order chi connectivity index (χ1) is 8.24. The molecule has 0 saturated carbocycles. The maximum Gasteiger partial charge on any atom is 0.228 e. The zero-order valence-corrected chi connectivity index (χ0v) is 9.06. The first-order valence-corrected chi connectivity index (χ1v) is 5.18. The molecule has 0 unspecified atom stereocenters. The number of carbonyl (C=O) groups is 1. The van der Waals surface area contributed by atoms with Crippen molar-refractivity contribution in [3.63, 3.8) is 0 Å². The van der Waals surface area contributed by atoms with Crippen molar-refractivity contribution in [2.75, 3.05) is 5.32 Å². The summed E-state index contributed by atoms with van der Waals surface area (Å²) >= 11 is 0. The third kappa shape index (κ3) is 3.38. The second-order valence-corrected chi connectivity index (χ2v) is 3.59. The SMILES string of the molecule is O=C(Cc1cccc(F)c1)Nc1ccncc1. The molecule has 0 aliphatic heterocycles. The predicted octanol–water partition coefficient (Wildman–Crippen LogP) is 2.40. The van der Waals surface area contributed by atoms with E-state index in [1.165, 1.54) is 12.1 Å². The second-order valence-electron chi connectivity index (χ2n) is 3.59. The highest BCUT2D eigenvalue weighted by Crippen LogP contribution is 2.07. The third-order valence-electron chi connectivity index (χ3n) is 2.22. The summed E-state index contributed by atoms with van der Waals surface area (Å²) < 4.78 is 12.9. The second kappa shape index (κ2) is 5.21. The summed E-state index contributed by atoms with van der Waals surface area (Å²) in [6.45, 7) is 0. The van der Waals surface area contributed by atoms with E-state index in [-0.39, 0.29) is 18.1 Å². The summed E-state index contributed by atoms with van der Waals surface area (Å²) in [5.41, 5.74) is 1.33. The van der Waals surface area contributed by atoms with E-state index in [4.69, 9.17) is 0 Å². The van der Waals surface area contributed by atoms with E-state index in [0.717, 1.165) is 0 Å². The van der Waals surface area contributed by atoms with Crippen LogP contribution in [0.2, 0.25) is 0 Å². The molecule has 0 atom stereocenters. The number of carbonyl (C=O) groups excluding carboxylic acids is 1. The molecule has 0 fully saturated rings. The number of benzene rings is 1. The molecular formula is C13H11FN2O. The van der Waals surface area contributed by atoms with E-state index in [9.17, 15) is 9.18 Å². The van der Waals surface area contributed by atoms with Crippen LogP contribution in [-0.4, -0.2) is 10.9 Å². The number of rotatable bonds is 3. The van der Waals surface area contributed by atoms with Gasteiger partial charge in [-0.15, -0.1) is 0 Å². The molecule has 3 nitrogen and oxygen atoms in total. The largest absolute Gasteiger partial charge is 0.326 e. The lowest BCUT2D eigenvalue weighted by atomic mass is 10.1. The average molecular weight is 230 g/mol. The summed E-state index contributed by atoms with van der Waals surface area (Å²) in [5, 5.41) is 2.71. The molecular weight excluding hydrogens is 219 g/mol. The van der Waals surface area contributed by atoms with Gasteiger partial charge in [-0.25, -0.2) is 4.39 Å². The van der Waals surface area contributed by atoms with Crippen LogP contribution in [0.3, 0.4) is 0 Å². The van der Waals surface area contributed by atoms with Crippen molar-refractivity contribution >= 4 is 11.6 Å². The van der Waals surface area contributed by atoms with Crippen LogP contribution in [-0.2, 0) is 11.2 Å². The minimum absolute atomic E-state index is 0.153. The Morgan fingerprint density at radius 2 is 2.00 bits per heavy atom. The monoisotopic (exact) mass is 230 g/mol. The van der Waals surface area contributed by atoms with Crippen LogP contribution < -0.4 is 5.32 Å². The normalized spacial score (nSPS) is 9.94. The van der Waals surface area contributed by atoms with Crippen LogP contribution in [0, 0.1) is 5.82 Å². The van der Waals surface area contributed by atoms with Crippen LogP contribution in [0.4, 0.5) is 10.1 Å². The van der Waals surface area contributed by atoms with E-state index in [0.29, 0.717) is 11.3 Å². The van der Waals surface area contributed by atoms with Crippen molar-refractivity contribution in [3.8, 4) is 0 Å². The molecule has 86 valence electrons. The summed E-state index contributed by atoms with van der Waals surface area (Å²) in [5.74, 6) is -0.513. The molecule has 0 aliphatic rings. The maximum absolute atomic E-state index is 12.9. The Morgan fingerprint density at radius 1 is 1.24 bits per heavy atom. The highest BCUT2D eigenvalue weighted by atomic mass is 19.1. The predicted molar refractivity (Wildman–Crippen MR) is 63.0 cm³/mol. The Bertz CT molecular complexity index is 514. The summed E-state index contributed by atoms with van der Waals surface area (Å²) in [7, 11) is 0. The van der Waals surface area contributed by atoms with E-state index in [1.54, 1.807) is 36.7 Å². The molecule has 1 heterocycles. The zero-order valence-electron chi connectivity index (χ0n) is 9.06. The van der Waals surface area contributed by atoms with Gasteiger partial charge in [-0.2, -0.15) is 0 Å². The summed E-state index contributed by atoms with van der Waals surface area (Å²) in [6.07, 6.45) is 3.34. The Labute approximate surface area is 98.3 Å². The van der Waals surface area contributed by atoms with Gasteiger partial charge in [-0.3, -0.25) is 9.78 Å². The molecule has 0 spiro atoms. The molecule has 17 heavy (non-hydrogen) atoms. The lowest BCUT2D eigenvalue weighted by Crippen LogP contribution is -2.14. The van der Waals surface area contributed by atoms with Gasteiger partial charge in [-0.05, 0) is 29.8 Å². The van der Waals surface area contributed by atoms with Crippen molar-refractivity contribution < 1.29 is 9.18 Å². The Hall–Kier alpha value is -2.23. The Balaban J connectivity index is 1.98. The van der Waals surface area contributed by atoms with Crippen molar-refractivity contribution in [1.29, 1.82) is 0 Å². The average Bonchev–Trinajstić information content (AvgIpc) is 2.30. The van der Waals surface area contributed by atoms with E-state index in [1.807, 2.05) is 0 Å². The lowest BCUT2D eigenvalue weighted by molar-refractivity contribution is -0.115. The fourth-order valence-corrected chi connectivity index (χ4v) is 1.47. The van der Waals surface area contributed by atoms with Crippen LogP contribution in [0.25, 0.3) is 0 Å². The van der Waals surface area contributed by atoms with Gasteiger partial charge in [0.25, 0.3) is 0 Å². The molecule has 0 radical (unpaired) electrons. The molecule has 1 amide bonds. The Morgan fingerprint density at radius 3 is 2.71 bits per heavy atom. The number of halogens is 1. The maximum atomic E-state index is 12.9. The number of pyridine rings is 1. The van der Waals surface area contributed by atoms with Crippen molar-refractivity contribution in [2.24, 2.45) is 0 Å². The minimum atomic E-state index is -0.334. The van der Waals surface area contributed by atoms with Crippen LogP contribution in [0.5, 0.6) is 0 Å². The highest BCUT2D eigenvalue weighted by Gasteiger charge is 2.04. The van der Waals surface area contributed by atoms with E-state index < -0.39 is 0 Å². The van der Waals surface area contributed by atoms with Gasteiger partial charge in [0.15, 0.2) is 0 Å². The number of amides is 1. The molecule has 2 aromatic rings. The molecule has 1 N–H and O–H groups in total. The lowest BCUT2D eigenvalue weighted by Gasteiger charge is -2.04. The molecule has 0 bridgehead atoms. The molecule has 4 heteroatoms. The third-order valence-corrected chi connectivity index (χ3v) is 2.22. The number of nitrogens with one attached hydrogen (secondary N) is 1. The van der Waals surface area contributed by atoms with Crippen molar-refractivity contribution in [2.45, 2.75) is 6.42 Å². The highest BCUT2D eigenvalue weighted by molar-refractivity contribution is 5.92. The van der Waals surface area contributed by atoms with Gasteiger partial charge >= 0.3 is 0 Å². The molecule has 1 aromatic carbocycles. The van der Waals surface area contributed by atoms with E-state index in [2.05, 4.69) is 10.3 Å². The molecule has 2 rings (SSSR count). The Kier molecular flexibility index (Phi) is 3.45.